The number of hydrogen-bond donors (Lipinski definition) is 2. The highest BCUT2D eigenvalue weighted by Crippen LogP contribution is 2.30. The van der Waals surface area contributed by atoms with Crippen LogP contribution in [0.2, 0.25) is 0 Å². The van der Waals surface area contributed by atoms with Crippen LogP contribution in [0.5, 0.6) is 0 Å². The third kappa shape index (κ3) is 4.10. The van der Waals surface area contributed by atoms with Crippen LogP contribution in [0.3, 0.4) is 0 Å². The van der Waals surface area contributed by atoms with Crippen molar-refractivity contribution in [2.75, 3.05) is 20.3 Å². The number of carbonyl (C=O) groups is 2. The number of ether oxygens (including phenoxy) is 2. The van der Waals surface area contributed by atoms with E-state index < -0.39 is 17.9 Å². The number of methoxy groups -OCH3 is 1. The summed E-state index contributed by atoms with van der Waals surface area (Å²) in [6.07, 6.45) is 0.925. The monoisotopic (exact) mass is 318 g/mol. The van der Waals surface area contributed by atoms with Crippen LogP contribution in [0.4, 0.5) is 4.79 Å². The first kappa shape index (κ1) is 17.0. The van der Waals surface area contributed by atoms with E-state index in [4.69, 9.17) is 9.47 Å². The van der Waals surface area contributed by atoms with Gasteiger partial charge in [-0.25, -0.2) is 4.79 Å². The van der Waals surface area contributed by atoms with Crippen molar-refractivity contribution in [3.63, 3.8) is 0 Å². The van der Waals surface area contributed by atoms with Gasteiger partial charge in [-0.2, -0.15) is 0 Å². The number of aryl methyl sites for hydroxylation is 1. The van der Waals surface area contributed by atoms with Gasteiger partial charge in [0.15, 0.2) is 0 Å². The van der Waals surface area contributed by atoms with E-state index in [2.05, 4.69) is 24.1 Å². The summed E-state index contributed by atoms with van der Waals surface area (Å²) >= 11 is 0. The maximum Gasteiger partial charge on any atom is 0.319 e. The molecule has 1 aromatic rings. The molecule has 0 unspecified atom stereocenters. The summed E-state index contributed by atoms with van der Waals surface area (Å²) < 4.78 is 10.1. The van der Waals surface area contributed by atoms with Gasteiger partial charge in [0.2, 0.25) is 0 Å². The maximum atomic E-state index is 12.4. The minimum atomic E-state index is -0.683. The first-order valence-electron chi connectivity index (χ1n) is 7.57. The highest BCUT2D eigenvalue weighted by Gasteiger charge is 2.38. The van der Waals surface area contributed by atoms with Gasteiger partial charge in [0.05, 0.1) is 12.6 Å². The predicted molar refractivity (Wildman–Crippen MR) is 85.7 cm³/mol. The van der Waals surface area contributed by atoms with E-state index in [1.165, 1.54) is 12.7 Å². The van der Waals surface area contributed by atoms with Crippen LogP contribution in [-0.2, 0) is 20.7 Å². The van der Waals surface area contributed by atoms with E-state index in [1.54, 1.807) is 0 Å². The number of carbonyl (C=O) groups excluding carboxylic acids is 2. The first-order valence-corrected chi connectivity index (χ1v) is 7.57. The first-order chi connectivity index (χ1) is 11.1. The molecule has 1 heterocycles. The lowest BCUT2D eigenvalue weighted by atomic mass is 9.88. The summed E-state index contributed by atoms with van der Waals surface area (Å²) in [4.78, 5) is 24.1. The van der Waals surface area contributed by atoms with Crippen LogP contribution in [0.15, 0.2) is 36.5 Å². The summed E-state index contributed by atoms with van der Waals surface area (Å²) in [5, 5.41) is 5.33. The molecule has 0 saturated carbocycles. The van der Waals surface area contributed by atoms with Crippen molar-refractivity contribution in [3.8, 4) is 0 Å². The predicted octanol–water partition coefficient (Wildman–Crippen LogP) is 1.92. The van der Waals surface area contributed by atoms with Crippen LogP contribution >= 0.6 is 0 Å². The largest absolute Gasteiger partial charge is 0.463 e. The number of hydrogen-bond acceptors (Lipinski definition) is 4. The van der Waals surface area contributed by atoms with Crippen LogP contribution in [0, 0.1) is 5.92 Å². The fraction of sp³-hybridized carbons (Fsp3) is 0.412. The highest BCUT2D eigenvalue weighted by atomic mass is 16.6. The van der Waals surface area contributed by atoms with E-state index in [1.807, 2.05) is 24.3 Å². The number of amides is 2. The Morgan fingerprint density at radius 1 is 1.26 bits per heavy atom. The van der Waals surface area contributed by atoms with Crippen molar-refractivity contribution >= 4 is 12.0 Å². The molecule has 1 fully saturated rings. The number of rotatable bonds is 6. The molecular weight excluding hydrogens is 296 g/mol. The molecule has 0 radical (unpaired) electrons. The SMILES string of the molecule is C=C1NC(=O)N[C@H](c2ccc(CC)cc2)[C@H]1C(=O)OCCOC. The van der Waals surface area contributed by atoms with Gasteiger partial charge >= 0.3 is 12.0 Å². The van der Waals surface area contributed by atoms with Gasteiger partial charge in [-0.3, -0.25) is 4.79 Å². The maximum absolute atomic E-state index is 12.4. The Labute approximate surface area is 135 Å². The Balaban J connectivity index is 2.21. The molecule has 6 nitrogen and oxygen atoms in total. The van der Waals surface area contributed by atoms with Crippen LogP contribution in [0.1, 0.15) is 24.1 Å². The van der Waals surface area contributed by atoms with E-state index in [0.29, 0.717) is 12.3 Å². The highest BCUT2D eigenvalue weighted by molar-refractivity contribution is 5.85. The lowest BCUT2D eigenvalue weighted by Crippen LogP contribution is -2.51. The minimum Gasteiger partial charge on any atom is -0.463 e. The van der Waals surface area contributed by atoms with Crippen LogP contribution in [0.25, 0.3) is 0 Å². The number of benzene rings is 1. The Bertz CT molecular complexity index is 583. The molecule has 0 aromatic heterocycles. The molecule has 2 amide bonds. The minimum absolute atomic E-state index is 0.161. The number of esters is 1. The van der Waals surface area contributed by atoms with Crippen molar-refractivity contribution in [3.05, 3.63) is 47.7 Å². The average Bonchev–Trinajstić information content (AvgIpc) is 2.54. The Morgan fingerprint density at radius 3 is 2.57 bits per heavy atom. The fourth-order valence-corrected chi connectivity index (χ4v) is 2.52. The van der Waals surface area contributed by atoms with Gasteiger partial charge in [0.25, 0.3) is 0 Å². The van der Waals surface area contributed by atoms with Crippen LogP contribution in [-0.4, -0.2) is 32.3 Å². The molecule has 2 rings (SSSR count). The third-order valence-corrected chi connectivity index (χ3v) is 3.80. The van der Waals surface area contributed by atoms with Gasteiger partial charge in [-0.1, -0.05) is 37.8 Å². The summed E-state index contributed by atoms with van der Waals surface area (Å²) in [7, 11) is 1.53. The molecule has 1 aromatic carbocycles. The van der Waals surface area contributed by atoms with E-state index in [9.17, 15) is 9.59 Å². The Hall–Kier alpha value is -2.34. The molecule has 1 aliphatic rings. The number of urea groups is 1. The van der Waals surface area contributed by atoms with Crippen molar-refractivity contribution in [2.24, 2.45) is 5.92 Å². The topological polar surface area (TPSA) is 76.7 Å². The Kier molecular flexibility index (Phi) is 5.76. The molecule has 0 aliphatic carbocycles. The van der Waals surface area contributed by atoms with Crippen molar-refractivity contribution in [1.29, 1.82) is 0 Å². The lowest BCUT2D eigenvalue weighted by molar-refractivity contribution is -0.149. The molecule has 6 heteroatoms. The molecule has 124 valence electrons. The summed E-state index contributed by atoms with van der Waals surface area (Å²) in [6.45, 7) is 6.35. The second-order valence-corrected chi connectivity index (χ2v) is 5.33. The quantitative estimate of drug-likeness (QED) is 0.620. The van der Waals surface area contributed by atoms with Gasteiger partial charge in [-0.05, 0) is 17.5 Å². The molecule has 0 bridgehead atoms. The molecule has 2 N–H and O–H groups in total. The van der Waals surface area contributed by atoms with Crippen molar-refractivity contribution < 1.29 is 19.1 Å². The Morgan fingerprint density at radius 2 is 1.96 bits per heavy atom. The van der Waals surface area contributed by atoms with E-state index in [-0.39, 0.29) is 12.6 Å². The van der Waals surface area contributed by atoms with Gasteiger partial charge in [0.1, 0.15) is 12.5 Å². The zero-order chi connectivity index (χ0) is 16.8. The fourth-order valence-electron chi connectivity index (χ4n) is 2.52. The molecule has 0 spiro atoms. The van der Waals surface area contributed by atoms with Crippen LogP contribution < -0.4 is 10.6 Å². The molecule has 2 atom stereocenters. The molecule has 1 aliphatic heterocycles. The van der Waals surface area contributed by atoms with Gasteiger partial charge in [-0.15, -0.1) is 0 Å². The smallest absolute Gasteiger partial charge is 0.319 e. The van der Waals surface area contributed by atoms with E-state index >= 15 is 0 Å². The average molecular weight is 318 g/mol. The normalized spacial score (nSPS) is 20.6. The zero-order valence-corrected chi connectivity index (χ0v) is 13.4. The lowest BCUT2D eigenvalue weighted by Gasteiger charge is -2.33. The second-order valence-electron chi connectivity index (χ2n) is 5.33. The second kappa shape index (κ2) is 7.78. The number of nitrogens with one attached hydrogen (secondary N) is 2. The van der Waals surface area contributed by atoms with Crippen molar-refractivity contribution in [2.45, 2.75) is 19.4 Å². The molecule has 23 heavy (non-hydrogen) atoms. The molecule has 1 saturated heterocycles. The standard InChI is InChI=1S/C17H22N2O4/c1-4-12-5-7-13(8-6-12)15-14(11(2)18-17(21)19-15)16(20)23-10-9-22-3/h5-8,14-15H,2,4,9-10H2,1,3H3,(H2,18,19,21)/t14-,15+/m0/s1. The zero-order valence-electron chi connectivity index (χ0n) is 13.4. The van der Waals surface area contributed by atoms with Crippen molar-refractivity contribution in [1.82, 2.24) is 10.6 Å². The summed E-state index contributed by atoms with van der Waals surface area (Å²) in [5.74, 6) is -1.12. The summed E-state index contributed by atoms with van der Waals surface area (Å²) in [5.41, 5.74) is 2.36. The molecular formula is C17H22N2O4. The summed E-state index contributed by atoms with van der Waals surface area (Å²) in [6, 6.07) is 6.92. The van der Waals surface area contributed by atoms with Gasteiger partial charge < -0.3 is 20.1 Å². The van der Waals surface area contributed by atoms with E-state index in [0.717, 1.165) is 12.0 Å². The van der Waals surface area contributed by atoms with Gasteiger partial charge in [0, 0.05) is 12.8 Å². The third-order valence-electron chi connectivity index (χ3n) is 3.80.